The molecule has 3 fully saturated rings. The van der Waals surface area contributed by atoms with Crippen LogP contribution in [0.4, 0.5) is 5.82 Å². The van der Waals surface area contributed by atoms with Crippen LogP contribution in [-0.2, 0) is 0 Å². The zero-order chi connectivity index (χ0) is 15.5. The third-order valence-electron chi connectivity index (χ3n) is 6.02. The molecule has 3 heterocycles. The van der Waals surface area contributed by atoms with Crippen LogP contribution in [-0.4, -0.2) is 47.6 Å². The Morgan fingerprint density at radius 2 is 1.74 bits per heavy atom. The lowest BCUT2D eigenvalue weighted by Crippen LogP contribution is -2.29. The third kappa shape index (κ3) is 3.68. The number of hydrogen-bond acceptors (Lipinski definition) is 4. The van der Waals surface area contributed by atoms with Crippen molar-refractivity contribution in [2.75, 3.05) is 37.6 Å². The van der Waals surface area contributed by atoms with Crippen LogP contribution in [0, 0.1) is 5.92 Å². The van der Waals surface area contributed by atoms with Gasteiger partial charge in [-0.25, -0.2) is 9.97 Å². The van der Waals surface area contributed by atoms with E-state index in [0.717, 1.165) is 5.92 Å². The SMILES string of the molecule is c1nc(C2CCCCC2)cc(N2CCC(CN3CCCC3)C2)n1. The molecule has 23 heavy (non-hydrogen) atoms. The predicted molar refractivity (Wildman–Crippen MR) is 93.9 cm³/mol. The molecule has 4 rings (SSSR count). The molecule has 0 amide bonds. The Hall–Kier alpha value is -1.16. The lowest BCUT2D eigenvalue weighted by atomic mass is 9.87. The Balaban J connectivity index is 1.38. The van der Waals surface area contributed by atoms with Crippen molar-refractivity contribution in [3.05, 3.63) is 18.1 Å². The summed E-state index contributed by atoms with van der Waals surface area (Å²) < 4.78 is 0. The second-order valence-electron chi connectivity index (χ2n) is 7.74. The van der Waals surface area contributed by atoms with E-state index in [-0.39, 0.29) is 0 Å². The van der Waals surface area contributed by atoms with Gasteiger partial charge in [0.05, 0.1) is 0 Å². The van der Waals surface area contributed by atoms with Crippen molar-refractivity contribution in [2.45, 2.75) is 57.3 Å². The highest BCUT2D eigenvalue weighted by molar-refractivity contribution is 5.41. The van der Waals surface area contributed by atoms with Crippen LogP contribution in [0.2, 0.25) is 0 Å². The quantitative estimate of drug-likeness (QED) is 0.852. The van der Waals surface area contributed by atoms with E-state index in [9.17, 15) is 0 Å². The summed E-state index contributed by atoms with van der Waals surface area (Å²) in [6.07, 6.45) is 12.7. The highest BCUT2D eigenvalue weighted by Gasteiger charge is 2.27. The molecule has 1 aromatic heterocycles. The molecule has 4 heteroatoms. The molecule has 3 aliphatic rings. The van der Waals surface area contributed by atoms with Crippen LogP contribution in [0.3, 0.4) is 0 Å². The van der Waals surface area contributed by atoms with Crippen molar-refractivity contribution in [2.24, 2.45) is 5.92 Å². The number of likely N-dealkylation sites (tertiary alicyclic amines) is 1. The number of rotatable bonds is 4. The number of nitrogens with zero attached hydrogens (tertiary/aromatic N) is 4. The summed E-state index contributed by atoms with van der Waals surface area (Å²) in [5.74, 6) is 2.67. The van der Waals surface area contributed by atoms with Crippen molar-refractivity contribution in [1.82, 2.24) is 14.9 Å². The monoisotopic (exact) mass is 314 g/mol. The summed E-state index contributed by atoms with van der Waals surface area (Å²) in [5.41, 5.74) is 1.29. The fourth-order valence-corrected chi connectivity index (χ4v) is 4.68. The third-order valence-corrected chi connectivity index (χ3v) is 6.02. The summed E-state index contributed by atoms with van der Waals surface area (Å²) in [6, 6.07) is 2.29. The minimum atomic E-state index is 0.675. The first kappa shape index (κ1) is 15.4. The highest BCUT2D eigenvalue weighted by atomic mass is 15.2. The fourth-order valence-electron chi connectivity index (χ4n) is 4.68. The van der Waals surface area contributed by atoms with Crippen LogP contribution in [0.15, 0.2) is 12.4 Å². The van der Waals surface area contributed by atoms with Crippen molar-refractivity contribution >= 4 is 5.82 Å². The van der Waals surface area contributed by atoms with E-state index in [2.05, 4.69) is 25.8 Å². The Morgan fingerprint density at radius 1 is 0.913 bits per heavy atom. The van der Waals surface area contributed by atoms with Crippen molar-refractivity contribution in [3.63, 3.8) is 0 Å². The first-order chi connectivity index (χ1) is 11.4. The zero-order valence-corrected chi connectivity index (χ0v) is 14.3. The van der Waals surface area contributed by atoms with Gasteiger partial charge in [-0.05, 0) is 51.1 Å². The summed E-state index contributed by atoms with van der Waals surface area (Å²) in [7, 11) is 0. The average Bonchev–Trinajstić information content (AvgIpc) is 3.28. The molecule has 126 valence electrons. The smallest absolute Gasteiger partial charge is 0.132 e. The minimum absolute atomic E-state index is 0.675. The molecular formula is C19H30N4. The molecule has 1 aliphatic carbocycles. The van der Waals surface area contributed by atoms with Gasteiger partial charge in [-0.3, -0.25) is 0 Å². The average molecular weight is 314 g/mol. The van der Waals surface area contributed by atoms with E-state index in [4.69, 9.17) is 0 Å². The first-order valence-electron chi connectivity index (χ1n) is 9.68. The van der Waals surface area contributed by atoms with Gasteiger partial charge in [-0.1, -0.05) is 19.3 Å². The van der Waals surface area contributed by atoms with Crippen molar-refractivity contribution < 1.29 is 0 Å². The molecule has 4 nitrogen and oxygen atoms in total. The van der Waals surface area contributed by atoms with Gasteiger partial charge >= 0.3 is 0 Å². The number of aromatic nitrogens is 2. The van der Waals surface area contributed by atoms with E-state index in [1.807, 2.05) is 0 Å². The van der Waals surface area contributed by atoms with Crippen LogP contribution in [0.25, 0.3) is 0 Å². The maximum absolute atomic E-state index is 4.59. The van der Waals surface area contributed by atoms with Gasteiger partial charge in [0.1, 0.15) is 12.1 Å². The van der Waals surface area contributed by atoms with Crippen LogP contribution >= 0.6 is 0 Å². The van der Waals surface area contributed by atoms with Gasteiger partial charge < -0.3 is 9.80 Å². The van der Waals surface area contributed by atoms with Crippen LogP contribution < -0.4 is 4.90 Å². The Labute approximate surface area is 140 Å². The van der Waals surface area contributed by atoms with Gasteiger partial charge in [0.25, 0.3) is 0 Å². The lowest BCUT2D eigenvalue weighted by Gasteiger charge is -2.23. The maximum atomic E-state index is 4.59. The Morgan fingerprint density at radius 3 is 2.57 bits per heavy atom. The van der Waals surface area contributed by atoms with Crippen LogP contribution in [0.5, 0.6) is 0 Å². The zero-order valence-electron chi connectivity index (χ0n) is 14.3. The normalized spacial score (nSPS) is 27.0. The van der Waals surface area contributed by atoms with E-state index in [1.165, 1.54) is 95.6 Å². The second kappa shape index (κ2) is 7.16. The molecule has 1 unspecified atom stereocenters. The first-order valence-corrected chi connectivity index (χ1v) is 9.68. The van der Waals surface area contributed by atoms with Gasteiger partial charge in [0.15, 0.2) is 0 Å². The molecule has 0 spiro atoms. The van der Waals surface area contributed by atoms with Gasteiger partial charge in [-0.2, -0.15) is 0 Å². The number of hydrogen-bond donors (Lipinski definition) is 0. The van der Waals surface area contributed by atoms with E-state index in [0.29, 0.717) is 5.92 Å². The van der Waals surface area contributed by atoms with Crippen molar-refractivity contribution in [3.8, 4) is 0 Å². The molecule has 2 saturated heterocycles. The van der Waals surface area contributed by atoms with Gasteiger partial charge in [0, 0.05) is 37.3 Å². The Kier molecular flexibility index (Phi) is 4.79. The molecular weight excluding hydrogens is 284 g/mol. The van der Waals surface area contributed by atoms with E-state index < -0.39 is 0 Å². The summed E-state index contributed by atoms with van der Waals surface area (Å²) in [4.78, 5) is 14.3. The standard InChI is InChI=1S/C19H30N4/c1-2-6-17(7-3-1)18-12-19(21-15-20-18)23-11-8-16(14-23)13-22-9-4-5-10-22/h12,15-17H,1-11,13-14H2. The molecule has 1 saturated carbocycles. The summed E-state index contributed by atoms with van der Waals surface area (Å²) in [6.45, 7) is 6.26. The van der Waals surface area contributed by atoms with Gasteiger partial charge in [0.2, 0.25) is 0 Å². The fraction of sp³-hybridized carbons (Fsp3) is 0.789. The molecule has 2 aliphatic heterocycles. The largest absolute Gasteiger partial charge is 0.356 e. The maximum Gasteiger partial charge on any atom is 0.132 e. The summed E-state index contributed by atoms with van der Waals surface area (Å²) in [5, 5.41) is 0. The Bertz CT molecular complexity index is 506. The predicted octanol–water partition coefficient (Wildman–Crippen LogP) is 3.45. The molecule has 1 atom stereocenters. The van der Waals surface area contributed by atoms with Crippen molar-refractivity contribution in [1.29, 1.82) is 0 Å². The molecule has 0 radical (unpaired) electrons. The highest BCUT2D eigenvalue weighted by Crippen LogP contribution is 2.33. The molecule has 0 N–H and O–H groups in total. The van der Waals surface area contributed by atoms with E-state index in [1.54, 1.807) is 6.33 Å². The molecule has 0 aromatic carbocycles. The molecule has 0 bridgehead atoms. The molecule has 1 aromatic rings. The lowest BCUT2D eigenvalue weighted by molar-refractivity contribution is 0.289. The summed E-state index contributed by atoms with van der Waals surface area (Å²) >= 11 is 0. The number of anilines is 1. The second-order valence-corrected chi connectivity index (χ2v) is 7.74. The van der Waals surface area contributed by atoms with Gasteiger partial charge in [-0.15, -0.1) is 0 Å². The minimum Gasteiger partial charge on any atom is -0.356 e. The van der Waals surface area contributed by atoms with Crippen LogP contribution in [0.1, 0.15) is 63.0 Å². The topological polar surface area (TPSA) is 32.3 Å². The van der Waals surface area contributed by atoms with E-state index >= 15 is 0 Å².